The summed E-state index contributed by atoms with van der Waals surface area (Å²) in [5.74, 6) is -1.23. The molecule has 5 N–H and O–H groups in total. The van der Waals surface area contributed by atoms with E-state index >= 15 is 0 Å². The number of benzene rings is 1. The molecule has 3 atom stereocenters. The van der Waals surface area contributed by atoms with Crippen molar-refractivity contribution in [1.29, 1.82) is 0 Å². The van der Waals surface area contributed by atoms with Crippen LogP contribution < -0.4 is 21.7 Å². The number of amides is 3. The minimum Gasteiger partial charge on any atom is -0.354 e. The molecular weight excluding hydrogens is 399 g/mol. The van der Waals surface area contributed by atoms with Gasteiger partial charge in [-0.1, -0.05) is 18.6 Å². The molecule has 1 rings (SSSR count). The summed E-state index contributed by atoms with van der Waals surface area (Å²) in [5.41, 5.74) is 6.02. The van der Waals surface area contributed by atoms with Crippen LogP contribution in [0.5, 0.6) is 0 Å². The molecule has 1 aromatic carbocycles. The molecule has 0 radical (unpaired) electrons. The molecule has 172 valence electrons. The summed E-state index contributed by atoms with van der Waals surface area (Å²) in [6.45, 7) is 6.01. The van der Waals surface area contributed by atoms with Gasteiger partial charge in [-0.2, -0.15) is 0 Å². The summed E-state index contributed by atoms with van der Waals surface area (Å²) in [6, 6.07) is 4.97. The van der Waals surface area contributed by atoms with Crippen LogP contribution in [0.2, 0.25) is 0 Å². The molecule has 0 saturated carbocycles. The monoisotopic (exact) mass is 434 g/mol. The number of hydrogen-bond donors (Lipinski definition) is 4. The fourth-order valence-electron chi connectivity index (χ4n) is 2.91. The van der Waals surface area contributed by atoms with Crippen LogP contribution in [-0.2, 0) is 14.4 Å². The van der Waals surface area contributed by atoms with Gasteiger partial charge in [-0.05, 0) is 70.4 Å². The first-order valence-corrected chi connectivity index (χ1v) is 10.7. The maximum Gasteiger partial charge on any atom is 0.244 e. The largest absolute Gasteiger partial charge is 0.354 e. The van der Waals surface area contributed by atoms with Crippen LogP contribution in [0.15, 0.2) is 30.3 Å². The fourth-order valence-corrected chi connectivity index (χ4v) is 2.91. The summed E-state index contributed by atoms with van der Waals surface area (Å²) < 4.78 is 13.2. The summed E-state index contributed by atoms with van der Waals surface area (Å²) in [4.78, 5) is 36.3. The highest BCUT2D eigenvalue weighted by Crippen LogP contribution is 2.05. The van der Waals surface area contributed by atoms with Gasteiger partial charge in [0.05, 0.1) is 0 Å². The predicted octanol–water partition coefficient (Wildman–Crippen LogP) is 2.26. The van der Waals surface area contributed by atoms with Crippen molar-refractivity contribution in [2.24, 2.45) is 5.73 Å². The highest BCUT2D eigenvalue weighted by Gasteiger charge is 2.17. The Morgan fingerprint density at radius 3 is 2.42 bits per heavy atom. The number of carbonyl (C=O) groups excluding carboxylic acids is 3. The summed E-state index contributed by atoms with van der Waals surface area (Å²) >= 11 is 0. The van der Waals surface area contributed by atoms with E-state index in [1.54, 1.807) is 19.1 Å². The quantitative estimate of drug-likeness (QED) is 0.282. The van der Waals surface area contributed by atoms with Crippen molar-refractivity contribution in [3.8, 4) is 0 Å². The Labute approximate surface area is 184 Å². The third-order valence-electron chi connectivity index (χ3n) is 4.72. The lowest BCUT2D eigenvalue weighted by Gasteiger charge is -2.19. The summed E-state index contributed by atoms with van der Waals surface area (Å²) in [7, 11) is 0. The van der Waals surface area contributed by atoms with Crippen molar-refractivity contribution in [2.45, 2.75) is 71.0 Å². The first-order chi connectivity index (χ1) is 14.7. The maximum absolute atomic E-state index is 13.2. The van der Waals surface area contributed by atoms with Crippen LogP contribution in [0.3, 0.4) is 0 Å². The molecule has 0 heterocycles. The van der Waals surface area contributed by atoms with Crippen LogP contribution in [0.1, 0.15) is 58.4 Å². The fraction of sp³-hybridized carbons (Fsp3) is 0.522. The number of halogens is 1. The van der Waals surface area contributed by atoms with Gasteiger partial charge in [0.15, 0.2) is 0 Å². The Hall–Kier alpha value is -2.74. The van der Waals surface area contributed by atoms with Gasteiger partial charge in [0.1, 0.15) is 11.9 Å². The molecule has 0 spiro atoms. The molecule has 0 bridgehead atoms. The van der Waals surface area contributed by atoms with E-state index in [1.807, 2.05) is 13.8 Å². The molecule has 31 heavy (non-hydrogen) atoms. The van der Waals surface area contributed by atoms with Crippen molar-refractivity contribution in [3.05, 3.63) is 41.7 Å². The summed E-state index contributed by atoms with van der Waals surface area (Å²) in [5, 5.41) is 8.31. The molecule has 0 fully saturated rings. The number of nitrogens with two attached hydrogens (primary N) is 1. The molecule has 0 aliphatic carbocycles. The van der Waals surface area contributed by atoms with Crippen LogP contribution >= 0.6 is 0 Å². The van der Waals surface area contributed by atoms with Crippen LogP contribution in [0.4, 0.5) is 4.39 Å². The molecule has 8 heteroatoms. The second-order valence-electron chi connectivity index (χ2n) is 7.82. The predicted molar refractivity (Wildman–Crippen MR) is 120 cm³/mol. The van der Waals surface area contributed by atoms with Crippen molar-refractivity contribution in [1.82, 2.24) is 16.0 Å². The Kier molecular flexibility index (Phi) is 12.1. The molecule has 0 aliphatic heterocycles. The number of nitrogens with one attached hydrogen (secondary N) is 3. The lowest BCUT2D eigenvalue weighted by molar-refractivity contribution is -0.127. The van der Waals surface area contributed by atoms with E-state index in [0.717, 1.165) is 19.3 Å². The van der Waals surface area contributed by atoms with E-state index in [4.69, 9.17) is 5.73 Å². The summed E-state index contributed by atoms with van der Waals surface area (Å²) in [6.07, 6.45) is 6.33. The number of hydrogen-bond acceptors (Lipinski definition) is 4. The van der Waals surface area contributed by atoms with E-state index < -0.39 is 11.9 Å². The van der Waals surface area contributed by atoms with Gasteiger partial charge in [0.25, 0.3) is 0 Å². The smallest absolute Gasteiger partial charge is 0.244 e. The van der Waals surface area contributed by atoms with Gasteiger partial charge >= 0.3 is 0 Å². The van der Waals surface area contributed by atoms with Crippen molar-refractivity contribution >= 4 is 23.8 Å². The molecular formula is C23H35FN4O3. The van der Waals surface area contributed by atoms with Gasteiger partial charge in [-0.3, -0.25) is 14.4 Å². The second-order valence-corrected chi connectivity index (χ2v) is 7.82. The highest BCUT2D eigenvalue weighted by molar-refractivity contribution is 5.95. The Morgan fingerprint density at radius 2 is 1.74 bits per heavy atom. The minimum atomic E-state index is -0.747. The van der Waals surface area contributed by atoms with E-state index in [-0.39, 0.29) is 29.7 Å². The third-order valence-corrected chi connectivity index (χ3v) is 4.72. The van der Waals surface area contributed by atoms with Gasteiger partial charge in [-0.25, -0.2) is 4.39 Å². The first kappa shape index (κ1) is 26.3. The van der Waals surface area contributed by atoms with Gasteiger partial charge < -0.3 is 21.7 Å². The van der Waals surface area contributed by atoms with E-state index in [2.05, 4.69) is 16.0 Å². The van der Waals surface area contributed by atoms with Crippen molar-refractivity contribution in [3.63, 3.8) is 0 Å². The topological polar surface area (TPSA) is 113 Å². The van der Waals surface area contributed by atoms with Crippen LogP contribution in [0, 0.1) is 5.82 Å². The lowest BCUT2D eigenvalue weighted by atomic mass is 10.1. The standard InChI is InChI=1S/C23H35FN4O3/c1-16(7-4-5-14-25)26-21(29)12-10-17(2)27-23(31)18(3)28-22(30)13-11-19-8-6-9-20(24)15-19/h6,8-9,11,13,15-18H,4-5,7,10,12,14,25H2,1-3H3,(H,26,29)(H,27,31)(H,28,30)/b13-11+/t16?,17-,18?/m1/s1. The van der Waals surface area contributed by atoms with Crippen LogP contribution in [-0.4, -0.2) is 42.4 Å². The van der Waals surface area contributed by atoms with Crippen LogP contribution in [0.25, 0.3) is 6.08 Å². The Balaban J connectivity index is 2.32. The first-order valence-electron chi connectivity index (χ1n) is 10.7. The number of rotatable bonds is 13. The van der Waals surface area contributed by atoms with Crippen molar-refractivity contribution in [2.75, 3.05) is 6.54 Å². The molecule has 3 amide bonds. The third kappa shape index (κ3) is 11.9. The zero-order valence-corrected chi connectivity index (χ0v) is 18.6. The Bertz CT molecular complexity index is 754. The van der Waals surface area contributed by atoms with Gasteiger partial charge in [0, 0.05) is 24.6 Å². The minimum absolute atomic E-state index is 0.0508. The molecule has 1 aromatic rings. The lowest BCUT2D eigenvalue weighted by Crippen LogP contribution is -2.47. The normalized spacial score (nSPS) is 14.0. The molecule has 0 saturated heterocycles. The molecule has 0 aliphatic rings. The Morgan fingerprint density at radius 1 is 1.03 bits per heavy atom. The van der Waals surface area contributed by atoms with Gasteiger partial charge in [0.2, 0.25) is 17.7 Å². The van der Waals surface area contributed by atoms with Crippen molar-refractivity contribution < 1.29 is 18.8 Å². The van der Waals surface area contributed by atoms with E-state index in [9.17, 15) is 18.8 Å². The number of unbranched alkanes of at least 4 members (excludes halogenated alkanes) is 1. The van der Waals surface area contributed by atoms with E-state index in [0.29, 0.717) is 24.9 Å². The van der Waals surface area contributed by atoms with Gasteiger partial charge in [-0.15, -0.1) is 0 Å². The zero-order chi connectivity index (χ0) is 23.2. The molecule has 7 nitrogen and oxygen atoms in total. The second kappa shape index (κ2) is 14.3. The maximum atomic E-state index is 13.2. The zero-order valence-electron chi connectivity index (χ0n) is 18.6. The average molecular weight is 435 g/mol. The molecule has 2 unspecified atom stereocenters. The highest BCUT2D eigenvalue weighted by atomic mass is 19.1. The van der Waals surface area contributed by atoms with E-state index in [1.165, 1.54) is 24.3 Å². The SMILES string of the molecule is CC(CCCCN)NC(=O)CC[C@@H](C)NC(=O)C(C)NC(=O)/C=C/c1cccc(F)c1. The molecule has 0 aromatic heterocycles. The number of carbonyl (C=O) groups is 3. The average Bonchev–Trinajstić information content (AvgIpc) is 2.71.